The molecule has 2 heterocycles. The second-order valence-corrected chi connectivity index (χ2v) is 4.64. The quantitative estimate of drug-likeness (QED) is 0.807. The highest BCUT2D eigenvalue weighted by molar-refractivity contribution is 5.47. The molecule has 3 N–H and O–H groups in total. The highest BCUT2D eigenvalue weighted by Gasteiger charge is 2.21. The first kappa shape index (κ1) is 13.0. The molecule has 2 rings (SSSR count). The average Bonchev–Trinajstić information content (AvgIpc) is 2.38. The third kappa shape index (κ3) is 3.08. The number of aromatic nitrogens is 2. The van der Waals surface area contributed by atoms with E-state index in [0.717, 1.165) is 31.7 Å². The molecule has 100 valence electrons. The highest BCUT2D eigenvalue weighted by atomic mass is 16.5. The van der Waals surface area contributed by atoms with Gasteiger partial charge in [0.2, 0.25) is 0 Å². The molecule has 1 aliphatic rings. The summed E-state index contributed by atoms with van der Waals surface area (Å²) in [6, 6.07) is 1.78. The van der Waals surface area contributed by atoms with Gasteiger partial charge in [-0.2, -0.15) is 0 Å². The molecule has 0 saturated carbocycles. The van der Waals surface area contributed by atoms with E-state index in [1.807, 2.05) is 0 Å². The summed E-state index contributed by atoms with van der Waals surface area (Å²) in [6.45, 7) is 2.34. The minimum Gasteiger partial charge on any atom is -0.396 e. The van der Waals surface area contributed by atoms with Crippen LogP contribution in [0.4, 0.5) is 11.6 Å². The first-order valence-electron chi connectivity index (χ1n) is 6.21. The van der Waals surface area contributed by atoms with E-state index in [4.69, 9.17) is 10.5 Å². The summed E-state index contributed by atoms with van der Waals surface area (Å²) in [5, 5.41) is 9.25. The van der Waals surface area contributed by atoms with E-state index in [1.165, 1.54) is 0 Å². The van der Waals surface area contributed by atoms with Crippen molar-refractivity contribution >= 4 is 11.6 Å². The molecule has 0 amide bonds. The normalized spacial score (nSPS) is 20.1. The number of methoxy groups -OCH3 is 1. The maximum absolute atomic E-state index is 9.25. The van der Waals surface area contributed by atoms with Gasteiger partial charge in [0.05, 0.1) is 0 Å². The third-order valence-corrected chi connectivity index (χ3v) is 3.15. The molecule has 0 spiro atoms. The molecule has 0 bridgehead atoms. The highest BCUT2D eigenvalue weighted by Crippen LogP contribution is 2.22. The fourth-order valence-corrected chi connectivity index (χ4v) is 2.28. The van der Waals surface area contributed by atoms with Crippen LogP contribution in [-0.2, 0) is 11.3 Å². The number of nitrogens with two attached hydrogens (primary N) is 1. The standard InChI is InChI=1S/C12H20N4O2/c1-18-8-11-14-10(13)5-12(15-11)16-4-2-3-9(6-16)7-17/h5,9,17H,2-4,6-8H2,1H3,(H2,13,14,15). The lowest BCUT2D eigenvalue weighted by molar-refractivity contribution is 0.177. The Bertz CT molecular complexity index is 400. The van der Waals surface area contributed by atoms with Crippen LogP contribution in [0.3, 0.4) is 0 Å². The van der Waals surface area contributed by atoms with Crippen molar-refractivity contribution in [3.05, 3.63) is 11.9 Å². The largest absolute Gasteiger partial charge is 0.396 e. The van der Waals surface area contributed by atoms with Gasteiger partial charge < -0.3 is 20.5 Å². The van der Waals surface area contributed by atoms with Crippen LogP contribution in [0.25, 0.3) is 0 Å². The number of ether oxygens (including phenoxy) is 1. The summed E-state index contributed by atoms with van der Waals surface area (Å²) in [4.78, 5) is 10.7. The van der Waals surface area contributed by atoms with Crippen LogP contribution >= 0.6 is 0 Å². The lowest BCUT2D eigenvalue weighted by atomic mass is 9.99. The molecule has 1 unspecified atom stereocenters. The summed E-state index contributed by atoms with van der Waals surface area (Å²) in [6.07, 6.45) is 2.13. The van der Waals surface area contributed by atoms with Crippen molar-refractivity contribution in [2.45, 2.75) is 19.4 Å². The zero-order valence-electron chi connectivity index (χ0n) is 10.7. The van der Waals surface area contributed by atoms with Crippen LogP contribution in [0.2, 0.25) is 0 Å². The molecule has 1 aromatic rings. The fraction of sp³-hybridized carbons (Fsp3) is 0.667. The zero-order valence-corrected chi connectivity index (χ0v) is 10.7. The maximum atomic E-state index is 9.25. The first-order valence-corrected chi connectivity index (χ1v) is 6.21. The molecule has 6 heteroatoms. The Balaban J connectivity index is 2.16. The Morgan fingerprint density at radius 2 is 2.39 bits per heavy atom. The average molecular weight is 252 g/mol. The van der Waals surface area contributed by atoms with Crippen LogP contribution in [0.1, 0.15) is 18.7 Å². The Morgan fingerprint density at radius 3 is 3.11 bits per heavy atom. The molecule has 0 aliphatic carbocycles. The number of nitrogen functional groups attached to an aromatic ring is 1. The number of aliphatic hydroxyl groups excluding tert-OH is 1. The van der Waals surface area contributed by atoms with Crippen LogP contribution in [0.5, 0.6) is 0 Å². The number of piperidine rings is 1. The molecule has 0 aromatic carbocycles. The SMILES string of the molecule is COCc1nc(N)cc(N2CCCC(CO)C2)n1. The van der Waals surface area contributed by atoms with Gasteiger partial charge in [-0.3, -0.25) is 0 Å². The van der Waals surface area contributed by atoms with Crippen LogP contribution in [0, 0.1) is 5.92 Å². The lowest BCUT2D eigenvalue weighted by Gasteiger charge is -2.32. The second kappa shape index (κ2) is 5.97. The minimum atomic E-state index is 0.224. The van der Waals surface area contributed by atoms with E-state index in [0.29, 0.717) is 24.2 Å². The lowest BCUT2D eigenvalue weighted by Crippen LogP contribution is -2.37. The Morgan fingerprint density at radius 1 is 1.56 bits per heavy atom. The Labute approximate surface area is 107 Å². The molecule has 18 heavy (non-hydrogen) atoms. The van der Waals surface area contributed by atoms with Gasteiger partial charge in [0.25, 0.3) is 0 Å². The fourth-order valence-electron chi connectivity index (χ4n) is 2.28. The summed E-state index contributed by atoms with van der Waals surface area (Å²) in [5.74, 6) is 2.20. The predicted molar refractivity (Wildman–Crippen MR) is 69.2 cm³/mol. The Hall–Kier alpha value is -1.40. The van der Waals surface area contributed by atoms with E-state index in [-0.39, 0.29) is 6.61 Å². The summed E-state index contributed by atoms with van der Waals surface area (Å²) < 4.78 is 5.03. The molecular weight excluding hydrogens is 232 g/mol. The van der Waals surface area contributed by atoms with Crippen molar-refractivity contribution in [2.75, 3.05) is 37.4 Å². The summed E-state index contributed by atoms with van der Waals surface area (Å²) in [7, 11) is 1.61. The van der Waals surface area contributed by atoms with Gasteiger partial charge in [0, 0.05) is 32.9 Å². The monoisotopic (exact) mass is 252 g/mol. The summed E-state index contributed by atoms with van der Waals surface area (Å²) >= 11 is 0. The van der Waals surface area contributed by atoms with E-state index in [1.54, 1.807) is 13.2 Å². The van der Waals surface area contributed by atoms with Crippen LogP contribution in [-0.4, -0.2) is 41.9 Å². The van der Waals surface area contributed by atoms with Crippen molar-refractivity contribution < 1.29 is 9.84 Å². The molecule has 1 saturated heterocycles. The topological polar surface area (TPSA) is 84.5 Å². The molecule has 0 radical (unpaired) electrons. The van der Waals surface area contributed by atoms with E-state index in [9.17, 15) is 5.11 Å². The van der Waals surface area contributed by atoms with Crippen molar-refractivity contribution in [3.63, 3.8) is 0 Å². The third-order valence-electron chi connectivity index (χ3n) is 3.15. The van der Waals surface area contributed by atoms with Crippen LogP contribution in [0.15, 0.2) is 6.07 Å². The van der Waals surface area contributed by atoms with E-state index in [2.05, 4.69) is 14.9 Å². The number of hydrogen-bond donors (Lipinski definition) is 2. The van der Waals surface area contributed by atoms with Crippen LogP contribution < -0.4 is 10.6 Å². The second-order valence-electron chi connectivity index (χ2n) is 4.64. The van der Waals surface area contributed by atoms with Gasteiger partial charge in [-0.15, -0.1) is 0 Å². The molecule has 6 nitrogen and oxygen atoms in total. The van der Waals surface area contributed by atoms with Gasteiger partial charge in [0.1, 0.15) is 18.2 Å². The van der Waals surface area contributed by atoms with Gasteiger partial charge in [-0.05, 0) is 18.8 Å². The van der Waals surface area contributed by atoms with E-state index < -0.39 is 0 Å². The number of nitrogens with zero attached hydrogens (tertiary/aromatic N) is 3. The molecule has 1 aliphatic heterocycles. The number of anilines is 2. The van der Waals surface area contributed by atoms with Crippen molar-refractivity contribution in [1.29, 1.82) is 0 Å². The molecular formula is C12H20N4O2. The number of hydrogen-bond acceptors (Lipinski definition) is 6. The molecule has 1 aromatic heterocycles. The van der Waals surface area contributed by atoms with Crippen molar-refractivity contribution in [3.8, 4) is 0 Å². The van der Waals surface area contributed by atoms with Gasteiger partial charge >= 0.3 is 0 Å². The minimum absolute atomic E-state index is 0.224. The van der Waals surface area contributed by atoms with Gasteiger partial charge in [-0.25, -0.2) is 9.97 Å². The number of aliphatic hydroxyl groups is 1. The van der Waals surface area contributed by atoms with Gasteiger partial charge in [-0.1, -0.05) is 0 Å². The smallest absolute Gasteiger partial charge is 0.158 e. The predicted octanol–water partition coefficient (Wildman–Crippen LogP) is 0.414. The van der Waals surface area contributed by atoms with Gasteiger partial charge in [0.15, 0.2) is 5.82 Å². The Kier molecular flexibility index (Phi) is 4.33. The number of rotatable bonds is 4. The zero-order chi connectivity index (χ0) is 13.0. The molecule has 1 atom stereocenters. The van der Waals surface area contributed by atoms with Crippen molar-refractivity contribution in [2.24, 2.45) is 5.92 Å². The van der Waals surface area contributed by atoms with E-state index >= 15 is 0 Å². The summed E-state index contributed by atoms with van der Waals surface area (Å²) in [5.41, 5.74) is 5.78. The maximum Gasteiger partial charge on any atom is 0.158 e. The first-order chi connectivity index (χ1) is 8.72. The van der Waals surface area contributed by atoms with Crippen molar-refractivity contribution in [1.82, 2.24) is 9.97 Å². The molecule has 1 fully saturated rings.